The zero-order chi connectivity index (χ0) is 19.7. The van der Waals surface area contributed by atoms with Crippen molar-refractivity contribution in [3.8, 4) is 11.3 Å². The molecule has 1 aliphatic heterocycles. The smallest absolute Gasteiger partial charge is 0.148 e. The molecule has 2 aromatic heterocycles. The zero-order valence-electron chi connectivity index (χ0n) is 17.7. The summed E-state index contributed by atoms with van der Waals surface area (Å²) in [5.74, 6) is 3.41. The van der Waals surface area contributed by atoms with E-state index in [0.29, 0.717) is 6.04 Å². The van der Waals surface area contributed by atoms with Crippen LogP contribution in [0.4, 0.5) is 5.82 Å². The molecule has 0 aromatic carbocycles. The van der Waals surface area contributed by atoms with Gasteiger partial charge in [-0.15, -0.1) is 10.2 Å². The van der Waals surface area contributed by atoms with E-state index >= 15 is 0 Å². The first-order valence-corrected chi connectivity index (χ1v) is 10.8. The van der Waals surface area contributed by atoms with Gasteiger partial charge in [0.15, 0.2) is 0 Å². The Morgan fingerprint density at radius 3 is 2.50 bits per heavy atom. The average Bonchev–Trinajstić information content (AvgIpc) is 3.28. The van der Waals surface area contributed by atoms with E-state index in [9.17, 15) is 0 Å². The number of hydrogen-bond acceptors (Lipinski definition) is 5. The summed E-state index contributed by atoms with van der Waals surface area (Å²) in [5.41, 5.74) is 2.92. The predicted molar refractivity (Wildman–Crippen MR) is 113 cm³/mol. The minimum Gasteiger partial charge on any atom is -0.366 e. The highest BCUT2D eigenvalue weighted by atomic mass is 15.3. The number of hydrogen-bond donors (Lipinski definition) is 1. The van der Waals surface area contributed by atoms with Gasteiger partial charge in [0.05, 0.1) is 11.4 Å². The minimum absolute atomic E-state index is 0.533. The maximum Gasteiger partial charge on any atom is 0.148 e. The second-order valence-corrected chi connectivity index (χ2v) is 9.05. The third-order valence-corrected chi connectivity index (χ3v) is 6.48. The number of nitrogens with zero attached hydrogens (tertiary/aromatic N) is 5. The average molecular weight is 383 g/mol. The summed E-state index contributed by atoms with van der Waals surface area (Å²) >= 11 is 0. The van der Waals surface area contributed by atoms with Gasteiger partial charge in [-0.2, -0.15) is 5.10 Å². The Kier molecular flexibility index (Phi) is 5.67. The molecular formula is C22H34N6. The Balaban J connectivity index is 1.29. The van der Waals surface area contributed by atoms with Crippen molar-refractivity contribution < 1.29 is 0 Å². The monoisotopic (exact) mass is 382 g/mol. The molecule has 2 fully saturated rings. The molecule has 0 bridgehead atoms. The third kappa shape index (κ3) is 4.22. The highest BCUT2D eigenvalue weighted by molar-refractivity contribution is 5.61. The van der Waals surface area contributed by atoms with Gasteiger partial charge in [-0.3, -0.25) is 4.68 Å². The number of aromatic nitrogens is 4. The largest absolute Gasteiger partial charge is 0.366 e. The van der Waals surface area contributed by atoms with Gasteiger partial charge in [0.1, 0.15) is 5.82 Å². The van der Waals surface area contributed by atoms with E-state index in [1.165, 1.54) is 45.3 Å². The van der Waals surface area contributed by atoms with Crippen molar-refractivity contribution in [2.75, 3.05) is 25.0 Å². The molecule has 28 heavy (non-hydrogen) atoms. The summed E-state index contributed by atoms with van der Waals surface area (Å²) in [7, 11) is 1.93. The van der Waals surface area contributed by atoms with Crippen LogP contribution in [0.1, 0.15) is 45.2 Å². The summed E-state index contributed by atoms with van der Waals surface area (Å²) in [6.45, 7) is 10.5. The SMILES string of the molecule is CCCC(C)CN1C[C@H]2C[C@H](Nc3ccc(-c4cn(C)nc4C)nn3)C[C@H]2C1. The van der Waals surface area contributed by atoms with E-state index in [4.69, 9.17) is 0 Å². The molecule has 4 atom stereocenters. The van der Waals surface area contributed by atoms with Gasteiger partial charge in [0.25, 0.3) is 0 Å². The molecule has 1 saturated heterocycles. The lowest BCUT2D eigenvalue weighted by Gasteiger charge is -2.22. The van der Waals surface area contributed by atoms with E-state index in [1.807, 2.05) is 30.9 Å². The quantitative estimate of drug-likeness (QED) is 0.790. The van der Waals surface area contributed by atoms with Crippen LogP contribution in [0, 0.1) is 24.7 Å². The first-order valence-electron chi connectivity index (χ1n) is 10.8. The van der Waals surface area contributed by atoms with Crippen molar-refractivity contribution in [3.05, 3.63) is 24.0 Å². The molecule has 6 heteroatoms. The minimum atomic E-state index is 0.533. The number of rotatable bonds is 7. The number of aryl methyl sites for hydroxylation is 2. The highest BCUT2D eigenvalue weighted by Crippen LogP contribution is 2.39. The van der Waals surface area contributed by atoms with Crippen molar-refractivity contribution >= 4 is 5.82 Å². The molecule has 0 radical (unpaired) electrons. The van der Waals surface area contributed by atoms with Gasteiger partial charge in [-0.25, -0.2) is 0 Å². The summed E-state index contributed by atoms with van der Waals surface area (Å²) in [6.07, 6.45) is 7.16. The number of likely N-dealkylation sites (tertiary alicyclic amines) is 1. The van der Waals surface area contributed by atoms with Crippen molar-refractivity contribution in [2.24, 2.45) is 24.8 Å². The Morgan fingerprint density at radius 2 is 1.93 bits per heavy atom. The molecule has 6 nitrogen and oxygen atoms in total. The molecule has 1 N–H and O–H groups in total. The lowest BCUT2D eigenvalue weighted by atomic mass is 10.0. The lowest BCUT2D eigenvalue weighted by Crippen LogP contribution is -2.29. The lowest BCUT2D eigenvalue weighted by molar-refractivity contribution is 0.259. The zero-order valence-corrected chi connectivity index (χ0v) is 17.7. The van der Waals surface area contributed by atoms with Crippen LogP contribution in [0.5, 0.6) is 0 Å². The van der Waals surface area contributed by atoms with Gasteiger partial charge in [0.2, 0.25) is 0 Å². The molecule has 0 amide bonds. The Hall–Kier alpha value is -1.95. The maximum atomic E-state index is 4.43. The fraction of sp³-hybridized carbons (Fsp3) is 0.682. The second-order valence-electron chi connectivity index (χ2n) is 9.05. The molecule has 2 aromatic rings. The van der Waals surface area contributed by atoms with Gasteiger partial charge >= 0.3 is 0 Å². The van der Waals surface area contributed by atoms with Crippen LogP contribution >= 0.6 is 0 Å². The number of fused-ring (bicyclic) bond motifs is 1. The molecule has 152 valence electrons. The fourth-order valence-electron chi connectivity index (χ4n) is 5.30. The Labute approximate surface area is 168 Å². The van der Waals surface area contributed by atoms with E-state index in [0.717, 1.165) is 40.5 Å². The van der Waals surface area contributed by atoms with Crippen LogP contribution in [0.2, 0.25) is 0 Å². The summed E-state index contributed by atoms with van der Waals surface area (Å²) < 4.78 is 1.82. The molecule has 1 saturated carbocycles. The number of nitrogens with one attached hydrogen (secondary N) is 1. The molecule has 1 unspecified atom stereocenters. The van der Waals surface area contributed by atoms with E-state index in [-0.39, 0.29) is 0 Å². The van der Waals surface area contributed by atoms with Crippen LogP contribution in [-0.4, -0.2) is 50.6 Å². The molecule has 2 aliphatic rings. The fourth-order valence-corrected chi connectivity index (χ4v) is 5.30. The van der Waals surface area contributed by atoms with E-state index < -0.39 is 0 Å². The second kappa shape index (κ2) is 8.19. The molecule has 1 aliphatic carbocycles. The Morgan fingerprint density at radius 1 is 1.18 bits per heavy atom. The summed E-state index contributed by atoms with van der Waals surface area (Å²) in [5, 5.41) is 16.9. The van der Waals surface area contributed by atoms with Crippen molar-refractivity contribution in [1.29, 1.82) is 0 Å². The topological polar surface area (TPSA) is 58.9 Å². The summed E-state index contributed by atoms with van der Waals surface area (Å²) in [4.78, 5) is 2.71. The van der Waals surface area contributed by atoms with Crippen molar-refractivity contribution in [1.82, 2.24) is 24.9 Å². The number of anilines is 1. The normalized spacial score (nSPS) is 25.8. The van der Waals surface area contributed by atoms with Crippen molar-refractivity contribution in [2.45, 2.75) is 52.5 Å². The van der Waals surface area contributed by atoms with Gasteiger partial charge in [0, 0.05) is 44.5 Å². The van der Waals surface area contributed by atoms with Gasteiger partial charge < -0.3 is 10.2 Å². The molecule has 3 heterocycles. The van der Waals surface area contributed by atoms with Gasteiger partial charge in [-0.1, -0.05) is 20.3 Å². The van der Waals surface area contributed by atoms with Crippen LogP contribution < -0.4 is 5.32 Å². The van der Waals surface area contributed by atoms with Crippen LogP contribution in [-0.2, 0) is 7.05 Å². The van der Waals surface area contributed by atoms with Gasteiger partial charge in [-0.05, 0) is 56.1 Å². The molecule has 0 spiro atoms. The standard InChI is InChI=1S/C22H34N6/c1-5-6-15(2)11-28-12-17-9-19(10-18(17)13-28)23-22-8-7-21(24-25-22)20-14-27(4)26-16(20)3/h7-8,14-15,17-19H,5-6,9-13H2,1-4H3,(H,23,25)/t15?,17-,18+,19+. The third-order valence-electron chi connectivity index (χ3n) is 6.48. The summed E-state index contributed by atoms with van der Waals surface area (Å²) in [6, 6.07) is 4.64. The highest BCUT2D eigenvalue weighted by Gasteiger charge is 2.40. The van der Waals surface area contributed by atoms with E-state index in [1.54, 1.807) is 0 Å². The Bertz CT molecular complexity index is 769. The predicted octanol–water partition coefficient (Wildman–Crippen LogP) is 3.74. The van der Waals surface area contributed by atoms with Crippen molar-refractivity contribution in [3.63, 3.8) is 0 Å². The van der Waals surface area contributed by atoms with Crippen LogP contribution in [0.3, 0.4) is 0 Å². The van der Waals surface area contributed by atoms with Crippen LogP contribution in [0.25, 0.3) is 11.3 Å². The first kappa shape index (κ1) is 19.4. The first-order chi connectivity index (χ1) is 13.5. The molecule has 4 rings (SSSR count). The maximum absolute atomic E-state index is 4.43. The van der Waals surface area contributed by atoms with Crippen LogP contribution in [0.15, 0.2) is 18.3 Å². The van der Waals surface area contributed by atoms with E-state index in [2.05, 4.69) is 45.4 Å². The molecular weight excluding hydrogens is 348 g/mol.